The predicted molar refractivity (Wildman–Crippen MR) is 164 cm³/mol. The van der Waals surface area contributed by atoms with Crippen LogP contribution in [0.2, 0.25) is 0 Å². The molecule has 2 aliphatic heterocycles. The summed E-state index contributed by atoms with van der Waals surface area (Å²) in [6.45, 7) is 3.13. The first-order valence-corrected chi connectivity index (χ1v) is 14.6. The first-order chi connectivity index (χ1) is 21.0. The number of carbonyl (C=O) groups excluding carboxylic acids is 2. The van der Waals surface area contributed by atoms with Gasteiger partial charge in [-0.25, -0.2) is 4.98 Å². The Bertz CT molecular complexity index is 1920. The molecule has 43 heavy (non-hydrogen) atoms. The van der Waals surface area contributed by atoms with E-state index < -0.39 is 17.7 Å². The van der Waals surface area contributed by atoms with Gasteiger partial charge in [-0.05, 0) is 66.1 Å². The number of ketones is 1. The average Bonchev–Trinajstić information content (AvgIpc) is 3.57. The van der Waals surface area contributed by atoms with Gasteiger partial charge in [0.15, 0.2) is 16.6 Å². The average molecular weight is 591 g/mol. The number of amides is 1. The van der Waals surface area contributed by atoms with Gasteiger partial charge in [0.25, 0.3) is 5.78 Å². The molecule has 1 fully saturated rings. The zero-order valence-corrected chi connectivity index (χ0v) is 24.0. The van der Waals surface area contributed by atoms with Gasteiger partial charge in [-0.15, -0.1) is 0 Å². The minimum atomic E-state index is -0.949. The van der Waals surface area contributed by atoms with Crippen molar-refractivity contribution in [3.8, 4) is 17.2 Å². The van der Waals surface area contributed by atoms with Crippen LogP contribution in [0.4, 0.5) is 5.13 Å². The molecule has 1 aromatic heterocycles. The van der Waals surface area contributed by atoms with E-state index in [1.54, 1.807) is 24.3 Å². The fraction of sp³-hybridized carbons (Fsp3) is 0.147. The van der Waals surface area contributed by atoms with Crippen molar-refractivity contribution in [2.45, 2.75) is 19.6 Å². The second-order valence-electron chi connectivity index (χ2n) is 10.3. The minimum Gasteiger partial charge on any atom is -0.507 e. The summed E-state index contributed by atoms with van der Waals surface area (Å²) in [6.07, 6.45) is 0. The van der Waals surface area contributed by atoms with Gasteiger partial charge in [0.2, 0.25) is 0 Å². The third kappa shape index (κ3) is 4.97. The fourth-order valence-electron chi connectivity index (χ4n) is 5.33. The van der Waals surface area contributed by atoms with Crippen LogP contribution in [0.3, 0.4) is 0 Å². The Morgan fingerprint density at radius 3 is 2.60 bits per heavy atom. The van der Waals surface area contributed by atoms with Gasteiger partial charge in [0.05, 0.1) is 21.8 Å². The van der Waals surface area contributed by atoms with Crippen LogP contribution in [-0.2, 0) is 16.2 Å². The number of hydrogen-bond donors (Lipinski definition) is 1. The van der Waals surface area contributed by atoms with Crippen molar-refractivity contribution in [1.82, 2.24) is 4.98 Å². The van der Waals surface area contributed by atoms with Crippen LogP contribution in [0.15, 0.2) is 96.6 Å². The number of anilines is 1. The molecule has 1 unspecified atom stereocenters. The van der Waals surface area contributed by atoms with Crippen LogP contribution in [0.5, 0.6) is 17.2 Å². The third-order valence-electron chi connectivity index (χ3n) is 7.42. The summed E-state index contributed by atoms with van der Waals surface area (Å²) in [5, 5.41) is 12.0. The fourth-order valence-corrected chi connectivity index (χ4v) is 6.42. The van der Waals surface area contributed by atoms with Crippen molar-refractivity contribution >= 4 is 44.1 Å². The number of carbonyl (C=O) groups is 2. The molecule has 1 N–H and O–H groups in total. The summed E-state index contributed by atoms with van der Waals surface area (Å²) in [7, 11) is 0. The molecule has 1 amide bonds. The summed E-state index contributed by atoms with van der Waals surface area (Å²) in [5.74, 6) is -0.313. The second-order valence-corrected chi connectivity index (χ2v) is 11.4. The van der Waals surface area contributed by atoms with E-state index in [0.717, 1.165) is 21.3 Å². The molecule has 7 rings (SSSR count). The van der Waals surface area contributed by atoms with Gasteiger partial charge < -0.3 is 19.3 Å². The highest BCUT2D eigenvalue weighted by atomic mass is 32.1. The molecule has 9 heteroatoms. The molecule has 3 heterocycles. The lowest BCUT2D eigenvalue weighted by Crippen LogP contribution is -2.29. The number of aliphatic hydroxyl groups excluding tert-OH is 1. The maximum atomic E-state index is 13.7. The first kappa shape index (κ1) is 26.7. The lowest BCUT2D eigenvalue weighted by Gasteiger charge is -2.24. The molecule has 1 saturated heterocycles. The molecule has 0 saturated carbocycles. The molecule has 4 aromatic carbocycles. The summed E-state index contributed by atoms with van der Waals surface area (Å²) in [6, 6.07) is 26.8. The summed E-state index contributed by atoms with van der Waals surface area (Å²) in [5.41, 5.74) is 3.67. The number of benzene rings is 4. The van der Waals surface area contributed by atoms with E-state index in [9.17, 15) is 14.7 Å². The molecular weight excluding hydrogens is 564 g/mol. The number of aryl methyl sites for hydroxylation is 1. The Morgan fingerprint density at radius 2 is 1.77 bits per heavy atom. The topological polar surface area (TPSA) is 98.2 Å². The smallest absolute Gasteiger partial charge is 0.301 e. The monoisotopic (exact) mass is 590 g/mol. The molecule has 1 atom stereocenters. The van der Waals surface area contributed by atoms with Crippen LogP contribution in [0.25, 0.3) is 16.0 Å². The van der Waals surface area contributed by atoms with Gasteiger partial charge in [-0.3, -0.25) is 14.5 Å². The van der Waals surface area contributed by atoms with E-state index in [1.807, 2.05) is 73.7 Å². The Balaban J connectivity index is 1.35. The predicted octanol–water partition coefficient (Wildman–Crippen LogP) is 6.58. The highest BCUT2D eigenvalue weighted by molar-refractivity contribution is 7.22. The van der Waals surface area contributed by atoms with E-state index in [1.165, 1.54) is 16.2 Å². The largest absolute Gasteiger partial charge is 0.507 e. The van der Waals surface area contributed by atoms with Crippen molar-refractivity contribution in [3.63, 3.8) is 0 Å². The number of thiazole rings is 1. The summed E-state index contributed by atoms with van der Waals surface area (Å²) in [4.78, 5) is 33.5. The second kappa shape index (κ2) is 10.9. The highest BCUT2D eigenvalue weighted by Crippen LogP contribution is 2.45. The quantitative estimate of drug-likeness (QED) is 0.136. The van der Waals surface area contributed by atoms with Gasteiger partial charge in [-0.1, -0.05) is 59.9 Å². The van der Waals surface area contributed by atoms with Crippen LogP contribution in [-0.4, -0.2) is 35.0 Å². The van der Waals surface area contributed by atoms with Gasteiger partial charge in [-0.2, -0.15) is 0 Å². The van der Waals surface area contributed by atoms with E-state index in [0.29, 0.717) is 53.3 Å². The van der Waals surface area contributed by atoms with Gasteiger partial charge in [0.1, 0.15) is 31.3 Å². The third-order valence-corrected chi connectivity index (χ3v) is 8.44. The molecule has 2 aliphatic rings. The maximum absolute atomic E-state index is 13.7. The molecule has 0 radical (unpaired) electrons. The number of aliphatic hydroxyl groups is 1. The molecule has 8 nitrogen and oxygen atoms in total. The normalized spacial score (nSPS) is 17.4. The number of aromatic nitrogens is 1. The maximum Gasteiger partial charge on any atom is 0.301 e. The number of fused-ring (bicyclic) bond motifs is 2. The van der Waals surface area contributed by atoms with E-state index in [2.05, 4.69) is 0 Å². The lowest BCUT2D eigenvalue weighted by molar-refractivity contribution is -0.132. The summed E-state index contributed by atoms with van der Waals surface area (Å²) < 4.78 is 18.3. The minimum absolute atomic E-state index is 0.0441. The van der Waals surface area contributed by atoms with E-state index >= 15 is 0 Å². The number of ether oxygens (including phenoxy) is 3. The van der Waals surface area contributed by atoms with Crippen LogP contribution in [0, 0.1) is 6.92 Å². The Hall–Kier alpha value is -5.15. The molecule has 5 aromatic rings. The SMILES string of the molecule is Cc1ccc2nc(N3C(=O)C(=O)C(=C(O)c4ccc5c(c4)OCCO5)C3c3cccc(OCc4ccccc4)c3)sc2c1. The van der Waals surface area contributed by atoms with Crippen molar-refractivity contribution < 1.29 is 28.9 Å². The van der Waals surface area contributed by atoms with E-state index in [4.69, 9.17) is 19.2 Å². The standard InChI is InChI=1S/C34H26N2O6S/c1-20-10-12-25-28(16-20)43-34(35-25)36-30(22-8-5-9-24(17-22)42-19-21-6-3-2-4-7-21)29(32(38)33(36)39)31(37)23-11-13-26-27(18-23)41-15-14-40-26/h2-13,16-18,30,37H,14-15,19H2,1H3. The van der Waals surface area contributed by atoms with Crippen molar-refractivity contribution in [2.75, 3.05) is 18.1 Å². The number of Topliss-reactive ketones (excluding diaryl/α,β-unsaturated/α-hetero) is 1. The zero-order valence-electron chi connectivity index (χ0n) is 23.2. The molecule has 0 spiro atoms. The molecule has 214 valence electrons. The van der Waals surface area contributed by atoms with Crippen LogP contribution in [0.1, 0.15) is 28.3 Å². The molecule has 0 aliphatic carbocycles. The number of nitrogens with zero attached hydrogens (tertiary/aromatic N) is 2. The first-order valence-electron chi connectivity index (χ1n) is 13.8. The highest BCUT2D eigenvalue weighted by Gasteiger charge is 2.48. The Kier molecular flexibility index (Phi) is 6.79. The van der Waals surface area contributed by atoms with Crippen molar-refractivity contribution in [2.24, 2.45) is 0 Å². The Labute approximate surface area is 251 Å². The van der Waals surface area contributed by atoms with Crippen LogP contribution >= 0.6 is 11.3 Å². The number of rotatable bonds is 6. The van der Waals surface area contributed by atoms with Crippen molar-refractivity contribution in [3.05, 3.63) is 119 Å². The van der Waals surface area contributed by atoms with Gasteiger partial charge >= 0.3 is 5.91 Å². The molecule has 0 bridgehead atoms. The zero-order chi connectivity index (χ0) is 29.5. The lowest BCUT2D eigenvalue weighted by atomic mass is 9.95. The Morgan fingerprint density at radius 1 is 0.953 bits per heavy atom. The number of hydrogen-bond acceptors (Lipinski definition) is 8. The van der Waals surface area contributed by atoms with Crippen molar-refractivity contribution in [1.29, 1.82) is 0 Å². The van der Waals surface area contributed by atoms with Gasteiger partial charge in [0, 0.05) is 5.56 Å². The summed E-state index contributed by atoms with van der Waals surface area (Å²) >= 11 is 1.32. The van der Waals surface area contributed by atoms with Crippen LogP contribution < -0.4 is 19.1 Å². The van der Waals surface area contributed by atoms with E-state index in [-0.39, 0.29) is 11.3 Å². The molecular formula is C34H26N2O6S.